The van der Waals surface area contributed by atoms with E-state index in [9.17, 15) is 4.79 Å². The zero-order valence-corrected chi connectivity index (χ0v) is 15.8. The molecule has 0 aliphatic carbocycles. The van der Waals surface area contributed by atoms with E-state index >= 15 is 0 Å². The number of esters is 1. The molecular weight excluding hydrogens is 388 g/mol. The first-order valence-corrected chi connectivity index (χ1v) is 8.82. The highest BCUT2D eigenvalue weighted by atomic mass is 79.9. The number of anilines is 1. The molecule has 0 fully saturated rings. The van der Waals surface area contributed by atoms with Crippen molar-refractivity contribution in [3.8, 4) is 5.75 Å². The van der Waals surface area contributed by atoms with E-state index in [4.69, 9.17) is 9.47 Å². The second kappa shape index (κ2) is 7.26. The molecule has 2 aromatic rings. The summed E-state index contributed by atoms with van der Waals surface area (Å²) < 4.78 is 13.6. The number of carbonyl (C=O) groups is 1. The van der Waals surface area contributed by atoms with Crippen molar-refractivity contribution in [3.05, 3.63) is 45.8 Å². The molecule has 1 aliphatic rings. The molecule has 1 atom stereocenters. The highest BCUT2D eigenvalue weighted by Crippen LogP contribution is 2.40. The molecule has 1 aromatic carbocycles. The highest BCUT2D eigenvalue weighted by molar-refractivity contribution is 9.10. The Morgan fingerprint density at radius 3 is 2.88 bits per heavy atom. The zero-order chi connectivity index (χ0) is 18.0. The van der Waals surface area contributed by atoms with Gasteiger partial charge in [-0.3, -0.25) is 0 Å². The number of benzene rings is 1. The van der Waals surface area contributed by atoms with Gasteiger partial charge in [-0.1, -0.05) is 15.9 Å². The second-order valence-electron chi connectivity index (χ2n) is 5.43. The summed E-state index contributed by atoms with van der Waals surface area (Å²) in [7, 11) is 0. The van der Waals surface area contributed by atoms with Gasteiger partial charge in [0, 0.05) is 15.7 Å². The van der Waals surface area contributed by atoms with Crippen molar-refractivity contribution in [3.63, 3.8) is 0 Å². The third kappa shape index (κ3) is 3.26. The first-order valence-electron chi connectivity index (χ1n) is 8.03. The molecule has 0 bridgehead atoms. The van der Waals surface area contributed by atoms with Crippen LogP contribution in [-0.4, -0.2) is 33.9 Å². The minimum absolute atomic E-state index is 0.295. The van der Waals surface area contributed by atoms with E-state index in [2.05, 4.69) is 31.3 Å². The van der Waals surface area contributed by atoms with Gasteiger partial charge in [0.05, 0.1) is 18.8 Å². The molecule has 2 heterocycles. The lowest BCUT2D eigenvalue weighted by Gasteiger charge is -2.29. The van der Waals surface area contributed by atoms with Crippen LogP contribution in [0.2, 0.25) is 0 Å². The molecule has 7 nitrogen and oxygen atoms in total. The van der Waals surface area contributed by atoms with Gasteiger partial charge in [0.15, 0.2) is 0 Å². The molecule has 0 saturated heterocycles. The summed E-state index contributed by atoms with van der Waals surface area (Å²) >= 11 is 3.50. The van der Waals surface area contributed by atoms with Crippen LogP contribution in [0.3, 0.4) is 0 Å². The number of carbonyl (C=O) groups excluding carboxylic acids is 1. The average Bonchev–Trinajstić information content (AvgIpc) is 3.03. The number of rotatable bonds is 5. The molecule has 8 heteroatoms. The van der Waals surface area contributed by atoms with Gasteiger partial charge in [-0.2, -0.15) is 10.1 Å². The number of aromatic nitrogens is 3. The maximum atomic E-state index is 12.6. The van der Waals surface area contributed by atoms with Gasteiger partial charge in [0.25, 0.3) is 0 Å². The van der Waals surface area contributed by atoms with Gasteiger partial charge in [0.2, 0.25) is 5.95 Å². The quantitative estimate of drug-likeness (QED) is 0.767. The Kier molecular flexibility index (Phi) is 5.08. The Hall–Kier alpha value is -2.35. The van der Waals surface area contributed by atoms with E-state index in [0.29, 0.717) is 36.2 Å². The fourth-order valence-electron chi connectivity index (χ4n) is 2.87. The van der Waals surface area contributed by atoms with Crippen LogP contribution in [0.25, 0.3) is 0 Å². The Morgan fingerprint density at radius 1 is 1.36 bits per heavy atom. The van der Waals surface area contributed by atoms with Gasteiger partial charge >= 0.3 is 5.97 Å². The van der Waals surface area contributed by atoms with Gasteiger partial charge in [0.1, 0.15) is 18.1 Å². The molecule has 0 unspecified atom stereocenters. The number of nitrogens with one attached hydrogen (secondary N) is 1. The van der Waals surface area contributed by atoms with Gasteiger partial charge in [-0.05, 0) is 39.0 Å². The molecule has 0 amide bonds. The average molecular weight is 407 g/mol. The van der Waals surface area contributed by atoms with Crippen molar-refractivity contribution in [2.24, 2.45) is 0 Å². The summed E-state index contributed by atoms with van der Waals surface area (Å²) in [4.78, 5) is 16.9. The lowest BCUT2D eigenvalue weighted by atomic mass is 9.95. The summed E-state index contributed by atoms with van der Waals surface area (Å²) in [6.45, 7) is 6.34. The summed E-state index contributed by atoms with van der Waals surface area (Å²) in [5.41, 5.74) is 1.98. The third-order valence-corrected chi connectivity index (χ3v) is 4.35. The standard InChI is InChI=1S/C17H19BrN4O3/c1-4-24-13-7-6-11(18)8-12(13)15-14(16(23)25-5-2)10(3)21-17-19-9-20-22(15)17/h6-9,15H,4-5H2,1-3H3,(H,19,20,21)/t15-/m0/s1. The molecule has 0 saturated carbocycles. The predicted octanol–water partition coefficient (Wildman–Crippen LogP) is 3.29. The van der Waals surface area contributed by atoms with E-state index in [1.807, 2.05) is 32.0 Å². The maximum absolute atomic E-state index is 12.6. The normalized spacial score (nSPS) is 16.2. The highest BCUT2D eigenvalue weighted by Gasteiger charge is 2.36. The van der Waals surface area contributed by atoms with E-state index in [1.165, 1.54) is 6.33 Å². The topological polar surface area (TPSA) is 78.3 Å². The number of allylic oxidation sites excluding steroid dienone is 1. The van der Waals surface area contributed by atoms with Crippen LogP contribution < -0.4 is 10.1 Å². The predicted molar refractivity (Wildman–Crippen MR) is 96.4 cm³/mol. The fraction of sp³-hybridized carbons (Fsp3) is 0.353. The van der Waals surface area contributed by atoms with Crippen molar-refractivity contribution in [2.75, 3.05) is 18.5 Å². The Morgan fingerprint density at radius 2 is 2.16 bits per heavy atom. The summed E-state index contributed by atoms with van der Waals surface area (Å²) in [5.74, 6) is 0.868. The Balaban J connectivity index is 2.20. The van der Waals surface area contributed by atoms with Crippen LogP contribution in [0, 0.1) is 0 Å². The first kappa shape index (κ1) is 17.5. The summed E-state index contributed by atoms with van der Waals surface area (Å²) in [6.07, 6.45) is 1.45. The van der Waals surface area contributed by atoms with Crippen LogP contribution in [-0.2, 0) is 9.53 Å². The number of nitrogens with zero attached hydrogens (tertiary/aromatic N) is 3. The van der Waals surface area contributed by atoms with Gasteiger partial charge in [-0.15, -0.1) is 0 Å². The van der Waals surface area contributed by atoms with Gasteiger partial charge in [-0.25, -0.2) is 9.48 Å². The van der Waals surface area contributed by atoms with Crippen molar-refractivity contribution in [2.45, 2.75) is 26.8 Å². The lowest BCUT2D eigenvalue weighted by molar-refractivity contribution is -0.139. The number of hydrogen-bond acceptors (Lipinski definition) is 6. The smallest absolute Gasteiger partial charge is 0.338 e. The largest absolute Gasteiger partial charge is 0.494 e. The Labute approximate surface area is 154 Å². The number of fused-ring (bicyclic) bond motifs is 1. The lowest BCUT2D eigenvalue weighted by Crippen LogP contribution is -2.30. The van der Waals surface area contributed by atoms with Crippen molar-refractivity contribution in [1.82, 2.24) is 14.8 Å². The molecule has 25 heavy (non-hydrogen) atoms. The summed E-state index contributed by atoms with van der Waals surface area (Å²) in [5, 5.41) is 7.41. The molecule has 132 valence electrons. The van der Waals surface area contributed by atoms with E-state index < -0.39 is 6.04 Å². The molecule has 1 N–H and O–H groups in total. The molecule has 3 rings (SSSR count). The first-order chi connectivity index (χ1) is 12.1. The minimum atomic E-state index is -0.489. The van der Waals surface area contributed by atoms with Crippen molar-refractivity contribution in [1.29, 1.82) is 0 Å². The molecule has 0 radical (unpaired) electrons. The number of ether oxygens (including phenoxy) is 2. The van der Waals surface area contributed by atoms with Crippen LogP contribution in [0.15, 0.2) is 40.3 Å². The number of halogens is 1. The summed E-state index contributed by atoms with van der Waals surface area (Å²) in [6, 6.07) is 5.22. The SMILES string of the molecule is CCOC(=O)C1=C(C)Nc2ncnn2[C@H]1c1cc(Br)ccc1OCC. The molecule has 1 aliphatic heterocycles. The van der Waals surface area contributed by atoms with Crippen LogP contribution in [0.4, 0.5) is 5.95 Å². The number of hydrogen-bond donors (Lipinski definition) is 1. The van der Waals surface area contributed by atoms with Gasteiger partial charge < -0.3 is 14.8 Å². The molecular formula is C17H19BrN4O3. The minimum Gasteiger partial charge on any atom is -0.494 e. The monoisotopic (exact) mass is 406 g/mol. The maximum Gasteiger partial charge on any atom is 0.338 e. The van der Waals surface area contributed by atoms with Crippen LogP contribution in [0.5, 0.6) is 5.75 Å². The van der Waals surface area contributed by atoms with Crippen LogP contribution in [0.1, 0.15) is 32.4 Å². The molecule has 1 aromatic heterocycles. The van der Waals surface area contributed by atoms with E-state index in [1.54, 1.807) is 11.6 Å². The molecule has 0 spiro atoms. The van der Waals surface area contributed by atoms with Crippen molar-refractivity contribution < 1.29 is 14.3 Å². The second-order valence-corrected chi connectivity index (χ2v) is 6.35. The Bertz CT molecular complexity index is 831. The van der Waals surface area contributed by atoms with E-state index in [-0.39, 0.29) is 5.97 Å². The van der Waals surface area contributed by atoms with E-state index in [0.717, 1.165) is 10.0 Å². The fourth-order valence-corrected chi connectivity index (χ4v) is 3.25. The zero-order valence-electron chi connectivity index (χ0n) is 14.2. The van der Waals surface area contributed by atoms with Crippen LogP contribution >= 0.6 is 15.9 Å². The third-order valence-electron chi connectivity index (χ3n) is 3.86. The van der Waals surface area contributed by atoms with Crippen molar-refractivity contribution >= 4 is 27.8 Å².